The third-order valence-corrected chi connectivity index (χ3v) is 6.65. The van der Waals surface area contributed by atoms with E-state index in [2.05, 4.69) is 44.4 Å². The van der Waals surface area contributed by atoms with Gasteiger partial charge in [-0.25, -0.2) is 0 Å². The minimum Gasteiger partial charge on any atom is -0.356 e. The van der Waals surface area contributed by atoms with Crippen LogP contribution >= 0.6 is 7.26 Å². The molecule has 0 aromatic heterocycles. The van der Waals surface area contributed by atoms with Gasteiger partial charge in [0.1, 0.15) is 0 Å². The van der Waals surface area contributed by atoms with E-state index in [1.165, 1.54) is 83.2 Å². The average molecular weight is 399 g/mol. The highest BCUT2D eigenvalue weighted by Gasteiger charge is 2.15. The summed E-state index contributed by atoms with van der Waals surface area (Å²) in [4.78, 5) is 11.8. The molecule has 1 amide bonds. The van der Waals surface area contributed by atoms with Crippen LogP contribution < -0.4 is 5.32 Å². The van der Waals surface area contributed by atoms with Crippen molar-refractivity contribution in [1.29, 1.82) is 0 Å². The summed E-state index contributed by atoms with van der Waals surface area (Å²) in [6.07, 6.45) is 24.8. The zero-order chi connectivity index (χ0) is 20.2. The van der Waals surface area contributed by atoms with Gasteiger partial charge in [0.15, 0.2) is 0 Å². The zero-order valence-corrected chi connectivity index (χ0v) is 19.9. The molecule has 1 N–H and O–H groups in total. The Balaban J connectivity index is 3.26. The van der Waals surface area contributed by atoms with Crippen molar-refractivity contribution in [2.24, 2.45) is 0 Å². The molecule has 0 aliphatic carbocycles. The van der Waals surface area contributed by atoms with Gasteiger partial charge in [-0.3, -0.25) is 4.79 Å². The second kappa shape index (κ2) is 19.0. The minimum absolute atomic E-state index is 0.250. The maximum atomic E-state index is 11.8. The molecule has 0 saturated carbocycles. The van der Waals surface area contributed by atoms with E-state index < -0.39 is 7.26 Å². The molecule has 0 radical (unpaired) electrons. The summed E-state index contributed by atoms with van der Waals surface area (Å²) < 4.78 is 0. The number of carbonyl (C=O) groups is 1. The Morgan fingerprint density at radius 1 is 0.741 bits per heavy atom. The molecule has 0 unspecified atom stereocenters. The molecule has 2 nitrogen and oxygen atoms in total. The molecule has 0 spiro atoms. The Morgan fingerprint density at radius 3 is 1.81 bits per heavy atom. The van der Waals surface area contributed by atoms with E-state index in [1.54, 1.807) is 0 Å². The molecule has 0 atom stereocenters. The van der Waals surface area contributed by atoms with Crippen molar-refractivity contribution in [3.63, 3.8) is 0 Å². The van der Waals surface area contributed by atoms with E-state index in [0.717, 1.165) is 19.4 Å². The summed E-state index contributed by atoms with van der Waals surface area (Å²) in [6.45, 7) is 10.2. The van der Waals surface area contributed by atoms with Crippen LogP contribution in [0.5, 0.6) is 0 Å². The van der Waals surface area contributed by atoms with Crippen molar-refractivity contribution >= 4 is 13.2 Å². The summed E-state index contributed by atoms with van der Waals surface area (Å²) in [6, 6.07) is 0. The minimum atomic E-state index is -0.685. The molecule has 0 aromatic carbocycles. The lowest BCUT2D eigenvalue weighted by atomic mass is 10.1. The predicted octanol–water partition coefficient (Wildman–Crippen LogP) is 7.44. The molecule has 0 rings (SSSR count). The number of nitrogens with one attached hydrogen (secondary N) is 1. The van der Waals surface area contributed by atoms with Gasteiger partial charge in [0.25, 0.3) is 0 Å². The summed E-state index contributed by atoms with van der Waals surface area (Å²) in [7, 11) is -0.685. The number of rotatable bonds is 19. The maximum absolute atomic E-state index is 11.8. The lowest BCUT2D eigenvalue weighted by Crippen LogP contribution is -2.24. The maximum Gasteiger partial charge on any atom is 0.219 e. The summed E-state index contributed by atoms with van der Waals surface area (Å²) in [5, 5.41) is 3.07. The molecule has 3 heteroatoms. The van der Waals surface area contributed by atoms with E-state index in [1.807, 2.05) is 0 Å². The second-order valence-electron chi connectivity index (χ2n) is 9.05. The van der Waals surface area contributed by atoms with Crippen LogP contribution in [0.3, 0.4) is 0 Å². The van der Waals surface area contributed by atoms with Gasteiger partial charge in [0, 0.05) is 40.2 Å². The molecule has 0 bridgehead atoms. The quantitative estimate of drug-likeness (QED) is 0.137. The Labute approximate surface area is 171 Å². The van der Waals surface area contributed by atoms with Crippen LogP contribution in [0.4, 0.5) is 0 Å². The first-order chi connectivity index (χ1) is 13.0. The van der Waals surface area contributed by atoms with Crippen LogP contribution in [0, 0.1) is 0 Å². The number of allylic oxidation sites excluding steroid dienone is 2. The largest absolute Gasteiger partial charge is 0.356 e. The number of amides is 1. The number of hydrogen-bond acceptors (Lipinski definition) is 1. The molecule has 0 aliphatic rings. The standard InChI is InChI=1S/C24H48NOP/c1-5-6-7-8-9-10-11-12-13-14-15-16-17-18-19-21-24(26)25-22-20-23-27(2,3)4/h12-13H,5-11,14-23H2,1-4H3/p+1/b13-12-. The molecule has 0 saturated heterocycles. The predicted molar refractivity (Wildman–Crippen MR) is 127 cm³/mol. The normalized spacial score (nSPS) is 12.0. The van der Waals surface area contributed by atoms with Gasteiger partial charge in [0.2, 0.25) is 5.91 Å². The van der Waals surface area contributed by atoms with E-state index >= 15 is 0 Å². The van der Waals surface area contributed by atoms with Crippen molar-refractivity contribution in [3.8, 4) is 0 Å². The van der Waals surface area contributed by atoms with Crippen molar-refractivity contribution in [1.82, 2.24) is 5.32 Å². The van der Waals surface area contributed by atoms with Crippen LogP contribution in [-0.4, -0.2) is 38.6 Å². The summed E-state index contributed by atoms with van der Waals surface area (Å²) in [5.74, 6) is 0.250. The second-order valence-corrected chi connectivity index (χ2v) is 14.1. The highest BCUT2D eigenvalue weighted by molar-refractivity contribution is 7.73. The molecule has 0 heterocycles. The number of hydrogen-bond donors (Lipinski definition) is 1. The van der Waals surface area contributed by atoms with Gasteiger partial charge in [-0.1, -0.05) is 70.4 Å². The Kier molecular flexibility index (Phi) is 18.7. The van der Waals surface area contributed by atoms with Crippen LogP contribution in [0.2, 0.25) is 0 Å². The monoisotopic (exact) mass is 398 g/mol. The van der Waals surface area contributed by atoms with Gasteiger partial charge < -0.3 is 5.32 Å². The molecule has 0 aliphatic heterocycles. The van der Waals surface area contributed by atoms with Gasteiger partial charge in [0.05, 0.1) is 6.16 Å². The topological polar surface area (TPSA) is 29.1 Å². The SMILES string of the molecule is CCCCCCCC/C=C\CCCCCCCC(=O)NCCC[P+](C)(C)C. The van der Waals surface area contributed by atoms with Crippen molar-refractivity contribution in [2.75, 3.05) is 32.7 Å². The lowest BCUT2D eigenvalue weighted by molar-refractivity contribution is -0.121. The summed E-state index contributed by atoms with van der Waals surface area (Å²) >= 11 is 0. The van der Waals surface area contributed by atoms with Gasteiger partial charge in [-0.2, -0.15) is 0 Å². The molecule has 0 fully saturated rings. The number of unbranched alkanes of at least 4 members (excludes halogenated alkanes) is 11. The van der Waals surface area contributed by atoms with Crippen LogP contribution in [0.15, 0.2) is 12.2 Å². The van der Waals surface area contributed by atoms with Gasteiger partial charge >= 0.3 is 0 Å². The van der Waals surface area contributed by atoms with E-state index in [0.29, 0.717) is 6.42 Å². The fraction of sp³-hybridized carbons (Fsp3) is 0.875. The first kappa shape index (κ1) is 26.6. The van der Waals surface area contributed by atoms with Crippen molar-refractivity contribution in [2.45, 2.75) is 103 Å². The molecular weight excluding hydrogens is 349 g/mol. The highest BCUT2D eigenvalue weighted by atomic mass is 31.2. The Hall–Kier alpha value is -0.360. The lowest BCUT2D eigenvalue weighted by Gasteiger charge is -2.11. The van der Waals surface area contributed by atoms with Crippen LogP contribution in [0.25, 0.3) is 0 Å². The molecule has 0 aromatic rings. The fourth-order valence-corrected chi connectivity index (χ4v) is 4.33. The van der Waals surface area contributed by atoms with E-state index in [4.69, 9.17) is 0 Å². The zero-order valence-electron chi connectivity index (χ0n) is 19.0. The Bertz CT molecular complexity index is 360. The molecule has 27 heavy (non-hydrogen) atoms. The summed E-state index contributed by atoms with van der Waals surface area (Å²) in [5.41, 5.74) is 0. The first-order valence-corrected chi connectivity index (χ1v) is 15.0. The van der Waals surface area contributed by atoms with Crippen molar-refractivity contribution in [3.05, 3.63) is 12.2 Å². The highest BCUT2D eigenvalue weighted by Crippen LogP contribution is 2.46. The van der Waals surface area contributed by atoms with E-state index in [-0.39, 0.29) is 5.91 Å². The van der Waals surface area contributed by atoms with Crippen molar-refractivity contribution < 1.29 is 4.79 Å². The van der Waals surface area contributed by atoms with Gasteiger partial charge in [-0.15, -0.1) is 0 Å². The smallest absolute Gasteiger partial charge is 0.219 e. The van der Waals surface area contributed by atoms with Crippen LogP contribution in [0.1, 0.15) is 103 Å². The Morgan fingerprint density at radius 2 is 1.26 bits per heavy atom. The van der Waals surface area contributed by atoms with E-state index in [9.17, 15) is 4.79 Å². The van der Waals surface area contributed by atoms with Crippen LogP contribution in [-0.2, 0) is 4.79 Å². The third-order valence-electron chi connectivity index (χ3n) is 4.99. The fourth-order valence-electron chi connectivity index (χ4n) is 3.23. The molecule has 160 valence electrons. The average Bonchev–Trinajstić information content (AvgIpc) is 2.61. The number of carbonyl (C=O) groups excluding carboxylic acids is 1. The first-order valence-electron chi connectivity index (χ1n) is 11.7. The van der Waals surface area contributed by atoms with Gasteiger partial charge in [-0.05, 0) is 38.5 Å². The third kappa shape index (κ3) is 23.6. The molecular formula is C24H49NOP+.